The zero-order valence-corrected chi connectivity index (χ0v) is 15.7. The highest BCUT2D eigenvalue weighted by molar-refractivity contribution is 5.79. The van der Waals surface area contributed by atoms with E-state index in [0.717, 1.165) is 55.5 Å². The molecular weight excluding hydrogens is 318 g/mol. The predicted octanol–water partition coefficient (Wildman–Crippen LogP) is 1.33. The number of nitrogens with one attached hydrogen (secondary N) is 2. The molecule has 2 aliphatic heterocycles. The van der Waals surface area contributed by atoms with E-state index in [1.54, 1.807) is 7.05 Å². The number of aliphatic imine (C=N–C) groups is 1. The van der Waals surface area contributed by atoms with Crippen LogP contribution in [0, 0.1) is 0 Å². The molecular formula is C18H31N5O2. The maximum atomic E-state index is 6.00. The van der Waals surface area contributed by atoms with E-state index in [-0.39, 0.29) is 6.10 Å². The van der Waals surface area contributed by atoms with Gasteiger partial charge in [-0.25, -0.2) is 0 Å². The fourth-order valence-corrected chi connectivity index (χ4v) is 3.75. The van der Waals surface area contributed by atoms with Crippen molar-refractivity contribution in [2.24, 2.45) is 4.99 Å². The molecule has 0 aliphatic carbocycles. The second-order valence-corrected chi connectivity index (χ2v) is 6.79. The van der Waals surface area contributed by atoms with E-state index in [1.807, 2.05) is 0 Å². The topological polar surface area (TPSA) is 74.9 Å². The van der Waals surface area contributed by atoms with Gasteiger partial charge in [0.1, 0.15) is 5.76 Å². The van der Waals surface area contributed by atoms with Gasteiger partial charge in [0.05, 0.1) is 18.4 Å². The van der Waals surface area contributed by atoms with Crippen LogP contribution in [0.15, 0.2) is 9.52 Å². The second-order valence-electron chi connectivity index (χ2n) is 6.79. The second kappa shape index (κ2) is 8.67. The first-order valence-corrected chi connectivity index (χ1v) is 9.51. The first-order valence-electron chi connectivity index (χ1n) is 9.51. The van der Waals surface area contributed by atoms with E-state index in [4.69, 9.17) is 9.26 Å². The van der Waals surface area contributed by atoms with Crippen molar-refractivity contribution in [1.82, 2.24) is 20.7 Å². The third-order valence-corrected chi connectivity index (χ3v) is 5.22. The summed E-state index contributed by atoms with van der Waals surface area (Å²) in [6.45, 7) is 8.72. The van der Waals surface area contributed by atoms with Crippen molar-refractivity contribution < 1.29 is 9.26 Å². The lowest BCUT2D eigenvalue weighted by Crippen LogP contribution is -2.51. The van der Waals surface area contributed by atoms with Gasteiger partial charge in [-0.2, -0.15) is 0 Å². The van der Waals surface area contributed by atoms with Crippen LogP contribution in [0.4, 0.5) is 0 Å². The van der Waals surface area contributed by atoms with Crippen molar-refractivity contribution in [3.63, 3.8) is 0 Å². The third-order valence-electron chi connectivity index (χ3n) is 5.22. The lowest BCUT2D eigenvalue weighted by molar-refractivity contribution is -0.0453. The minimum absolute atomic E-state index is 0.223. The van der Waals surface area contributed by atoms with Crippen molar-refractivity contribution in [3.05, 3.63) is 17.0 Å². The van der Waals surface area contributed by atoms with Crippen molar-refractivity contribution in [3.8, 4) is 0 Å². The molecule has 0 radical (unpaired) electrons. The molecule has 2 aliphatic rings. The summed E-state index contributed by atoms with van der Waals surface area (Å²) in [7, 11) is 1.79. The minimum atomic E-state index is 0.223. The molecule has 0 saturated carbocycles. The van der Waals surface area contributed by atoms with Gasteiger partial charge >= 0.3 is 0 Å². The number of nitrogens with zero attached hydrogens (tertiary/aromatic N) is 3. The molecule has 0 amide bonds. The largest absolute Gasteiger partial charge is 0.373 e. The van der Waals surface area contributed by atoms with Gasteiger partial charge in [0.25, 0.3) is 0 Å². The normalized spacial score (nSPS) is 24.4. The van der Waals surface area contributed by atoms with Gasteiger partial charge in [0.15, 0.2) is 5.96 Å². The van der Waals surface area contributed by atoms with Crippen LogP contribution in [-0.2, 0) is 24.1 Å². The molecule has 3 heterocycles. The smallest absolute Gasteiger partial charge is 0.191 e. The Morgan fingerprint density at radius 1 is 1.32 bits per heavy atom. The molecule has 0 bridgehead atoms. The number of morpholine rings is 1. The molecule has 2 saturated heterocycles. The summed E-state index contributed by atoms with van der Waals surface area (Å²) in [6.07, 6.45) is 4.53. The number of aryl methyl sites for hydroxylation is 2. The Balaban J connectivity index is 1.48. The van der Waals surface area contributed by atoms with Crippen LogP contribution in [0.5, 0.6) is 0 Å². The van der Waals surface area contributed by atoms with E-state index >= 15 is 0 Å². The number of ether oxygens (including phenoxy) is 1. The van der Waals surface area contributed by atoms with Crippen molar-refractivity contribution >= 4 is 5.96 Å². The highest BCUT2D eigenvalue weighted by Crippen LogP contribution is 2.22. The SMILES string of the molecule is CCc1noc(CC)c1CNC(=NC)NCC1CN2CCCC2CO1. The summed E-state index contributed by atoms with van der Waals surface area (Å²) in [5, 5.41) is 10.9. The Morgan fingerprint density at radius 3 is 2.96 bits per heavy atom. The lowest BCUT2D eigenvalue weighted by atomic mass is 10.1. The lowest BCUT2D eigenvalue weighted by Gasteiger charge is -2.35. The summed E-state index contributed by atoms with van der Waals surface area (Å²) in [5.74, 6) is 1.74. The van der Waals surface area contributed by atoms with Crippen molar-refractivity contribution in [1.29, 1.82) is 0 Å². The van der Waals surface area contributed by atoms with Gasteiger partial charge in [-0.1, -0.05) is 19.0 Å². The van der Waals surface area contributed by atoms with E-state index < -0.39 is 0 Å². The molecule has 0 spiro atoms. The van der Waals surface area contributed by atoms with E-state index in [9.17, 15) is 0 Å². The van der Waals surface area contributed by atoms with Crippen LogP contribution in [0.3, 0.4) is 0 Å². The highest BCUT2D eigenvalue weighted by Gasteiger charge is 2.32. The Hall–Kier alpha value is -1.60. The first-order chi connectivity index (χ1) is 12.2. The molecule has 2 N–H and O–H groups in total. The van der Waals surface area contributed by atoms with Crippen LogP contribution in [-0.4, -0.2) is 61.5 Å². The van der Waals surface area contributed by atoms with Crippen LogP contribution >= 0.6 is 0 Å². The predicted molar refractivity (Wildman–Crippen MR) is 97.8 cm³/mol. The number of fused-ring (bicyclic) bond motifs is 1. The number of hydrogen-bond donors (Lipinski definition) is 2. The van der Waals surface area contributed by atoms with Gasteiger partial charge in [-0.3, -0.25) is 9.89 Å². The molecule has 1 aromatic rings. The monoisotopic (exact) mass is 349 g/mol. The Kier molecular flexibility index (Phi) is 6.31. The number of hydrogen-bond acceptors (Lipinski definition) is 5. The Labute approximate surface area is 150 Å². The molecule has 7 heteroatoms. The van der Waals surface area contributed by atoms with E-state index in [1.165, 1.54) is 19.4 Å². The molecule has 25 heavy (non-hydrogen) atoms. The molecule has 1 aromatic heterocycles. The Bertz CT molecular complexity index is 565. The first kappa shape index (κ1) is 18.2. The number of rotatable bonds is 6. The average molecular weight is 349 g/mol. The molecule has 140 valence electrons. The number of aromatic nitrogens is 1. The molecule has 2 fully saturated rings. The van der Waals surface area contributed by atoms with Crippen molar-refractivity contribution in [2.45, 2.75) is 58.2 Å². The van der Waals surface area contributed by atoms with Crippen LogP contribution < -0.4 is 10.6 Å². The van der Waals surface area contributed by atoms with Crippen LogP contribution in [0.1, 0.15) is 43.7 Å². The molecule has 2 atom stereocenters. The van der Waals surface area contributed by atoms with Gasteiger partial charge in [0, 0.05) is 44.7 Å². The molecule has 2 unspecified atom stereocenters. The molecule has 7 nitrogen and oxygen atoms in total. The maximum absolute atomic E-state index is 6.00. The average Bonchev–Trinajstić information content (AvgIpc) is 3.27. The summed E-state index contributed by atoms with van der Waals surface area (Å²) >= 11 is 0. The third kappa shape index (κ3) is 4.33. The fourth-order valence-electron chi connectivity index (χ4n) is 3.75. The van der Waals surface area contributed by atoms with Gasteiger partial charge < -0.3 is 19.9 Å². The summed E-state index contributed by atoms with van der Waals surface area (Å²) in [4.78, 5) is 6.88. The van der Waals surface area contributed by atoms with Crippen LogP contribution in [0.25, 0.3) is 0 Å². The Morgan fingerprint density at radius 2 is 2.20 bits per heavy atom. The van der Waals surface area contributed by atoms with Gasteiger partial charge in [-0.05, 0) is 25.8 Å². The van der Waals surface area contributed by atoms with Gasteiger partial charge in [0.2, 0.25) is 0 Å². The zero-order valence-electron chi connectivity index (χ0n) is 15.7. The summed E-state index contributed by atoms with van der Waals surface area (Å²) in [5.41, 5.74) is 2.18. The number of guanidine groups is 1. The van der Waals surface area contributed by atoms with Crippen molar-refractivity contribution in [2.75, 3.05) is 33.3 Å². The standard InChI is InChI=1S/C18H31N5O2/c1-4-16-15(17(5-2)25-22-16)10-21-18(19-3)20-9-14-11-23-8-6-7-13(23)12-24-14/h13-14H,4-12H2,1-3H3,(H2,19,20,21). The molecule has 3 rings (SSSR count). The van der Waals surface area contributed by atoms with Crippen LogP contribution in [0.2, 0.25) is 0 Å². The van der Waals surface area contributed by atoms with E-state index in [0.29, 0.717) is 12.6 Å². The summed E-state index contributed by atoms with van der Waals surface area (Å²) in [6, 6.07) is 0.641. The van der Waals surface area contributed by atoms with Gasteiger partial charge in [-0.15, -0.1) is 0 Å². The highest BCUT2D eigenvalue weighted by atomic mass is 16.5. The molecule has 0 aromatic carbocycles. The fraction of sp³-hybridized carbons (Fsp3) is 0.778. The minimum Gasteiger partial charge on any atom is -0.373 e. The summed E-state index contributed by atoms with van der Waals surface area (Å²) < 4.78 is 11.4. The van der Waals surface area contributed by atoms with E-state index in [2.05, 4.69) is 39.5 Å². The maximum Gasteiger partial charge on any atom is 0.191 e. The zero-order chi connectivity index (χ0) is 17.6. The quantitative estimate of drug-likeness (QED) is 0.596.